The van der Waals surface area contributed by atoms with Gasteiger partial charge in [-0.3, -0.25) is 9.59 Å². The van der Waals surface area contributed by atoms with Crippen molar-refractivity contribution >= 4 is 32.2 Å². The van der Waals surface area contributed by atoms with Gasteiger partial charge >= 0.3 is 0 Å². The van der Waals surface area contributed by atoms with Gasteiger partial charge in [-0.2, -0.15) is 0 Å². The maximum absolute atomic E-state index is 11.0. The van der Waals surface area contributed by atoms with Crippen LogP contribution < -0.4 is 5.32 Å². The number of benzene rings is 1. The third kappa shape index (κ3) is 1.49. The number of hydrogen-bond acceptors (Lipinski definition) is 2. The van der Waals surface area contributed by atoms with Gasteiger partial charge in [0.15, 0.2) is 0 Å². The molecule has 1 aliphatic rings. The van der Waals surface area contributed by atoms with Gasteiger partial charge in [0.1, 0.15) is 0 Å². The molecule has 4 heteroatoms. The maximum Gasteiger partial charge on any atom is 0.228 e. The van der Waals surface area contributed by atoms with E-state index in [4.69, 9.17) is 0 Å². The summed E-state index contributed by atoms with van der Waals surface area (Å²) >= 11 is 2.86. The van der Waals surface area contributed by atoms with Crippen molar-refractivity contribution in [2.45, 2.75) is 6.42 Å². The van der Waals surface area contributed by atoms with E-state index in [9.17, 15) is 9.59 Å². The summed E-state index contributed by atoms with van der Waals surface area (Å²) < 4.78 is -0.158. The summed E-state index contributed by atoms with van der Waals surface area (Å²) in [4.78, 5) is 21.9. The highest BCUT2D eigenvalue weighted by Gasteiger charge is 2.18. The van der Waals surface area contributed by atoms with Crippen molar-refractivity contribution in [1.82, 2.24) is 0 Å². The van der Waals surface area contributed by atoms with Gasteiger partial charge in [0.05, 0.1) is 6.42 Å². The van der Waals surface area contributed by atoms with Gasteiger partial charge in [-0.1, -0.05) is 0 Å². The van der Waals surface area contributed by atoms with Crippen LogP contribution in [0.25, 0.3) is 0 Å². The molecule has 2 rings (SSSR count). The normalized spacial score (nSPS) is 13.8. The largest absolute Gasteiger partial charge is 0.326 e. The predicted octanol–water partition coefficient (Wildman–Crippen LogP) is 1.72. The number of nitrogens with one attached hydrogen (secondary N) is 1. The van der Waals surface area contributed by atoms with E-state index in [0.29, 0.717) is 12.0 Å². The summed E-state index contributed by atoms with van der Waals surface area (Å²) in [6, 6.07) is 5.15. The Morgan fingerprint density at radius 1 is 1.46 bits per heavy atom. The zero-order chi connectivity index (χ0) is 9.42. The second-order valence-electron chi connectivity index (χ2n) is 2.87. The summed E-state index contributed by atoms with van der Waals surface area (Å²) in [7, 11) is 0. The SMILES string of the molecule is O=C1Cc2cc(C(=O)Br)ccc2N1. The molecule has 0 unspecified atom stereocenters. The first-order chi connectivity index (χ1) is 6.16. The van der Waals surface area contributed by atoms with Crippen LogP contribution in [-0.4, -0.2) is 10.6 Å². The number of anilines is 1. The molecule has 13 heavy (non-hydrogen) atoms. The van der Waals surface area contributed by atoms with Crippen LogP contribution in [0.2, 0.25) is 0 Å². The van der Waals surface area contributed by atoms with Crippen LogP contribution in [0.1, 0.15) is 15.9 Å². The third-order valence-corrected chi connectivity index (χ3v) is 2.42. The van der Waals surface area contributed by atoms with Gasteiger partial charge in [0, 0.05) is 11.3 Å². The zero-order valence-corrected chi connectivity index (χ0v) is 8.22. The molecule has 66 valence electrons. The lowest BCUT2D eigenvalue weighted by Gasteiger charge is -1.98. The maximum atomic E-state index is 11.0. The molecule has 1 aromatic rings. The van der Waals surface area contributed by atoms with E-state index in [1.165, 1.54) is 0 Å². The van der Waals surface area contributed by atoms with Crippen LogP contribution >= 0.6 is 15.9 Å². The summed E-state index contributed by atoms with van der Waals surface area (Å²) in [5.74, 6) is -0.0193. The van der Waals surface area contributed by atoms with Crippen molar-refractivity contribution in [1.29, 1.82) is 0 Å². The number of carbonyl (C=O) groups excluding carboxylic acids is 2. The number of rotatable bonds is 1. The molecule has 0 aliphatic carbocycles. The fourth-order valence-corrected chi connectivity index (χ4v) is 1.60. The van der Waals surface area contributed by atoms with E-state index in [-0.39, 0.29) is 10.6 Å². The van der Waals surface area contributed by atoms with Crippen LogP contribution in [0.15, 0.2) is 18.2 Å². The first kappa shape index (κ1) is 8.44. The molecular weight excluding hydrogens is 234 g/mol. The van der Waals surface area contributed by atoms with Crippen molar-refractivity contribution in [3.8, 4) is 0 Å². The lowest BCUT2D eigenvalue weighted by atomic mass is 10.1. The van der Waals surface area contributed by atoms with Crippen LogP contribution in [0.3, 0.4) is 0 Å². The molecule has 0 bridgehead atoms. The Balaban J connectivity index is 2.45. The van der Waals surface area contributed by atoms with Gasteiger partial charge in [-0.15, -0.1) is 0 Å². The highest BCUT2D eigenvalue weighted by Crippen LogP contribution is 2.24. The predicted molar refractivity (Wildman–Crippen MR) is 52.0 cm³/mol. The summed E-state index contributed by atoms with van der Waals surface area (Å²) in [5.41, 5.74) is 2.27. The van der Waals surface area contributed by atoms with Gasteiger partial charge in [0.2, 0.25) is 10.6 Å². The minimum atomic E-state index is -0.158. The number of carbonyl (C=O) groups is 2. The molecule has 0 fully saturated rings. The minimum Gasteiger partial charge on any atom is -0.326 e. The fraction of sp³-hybridized carbons (Fsp3) is 0.111. The molecular formula is C9H6BrNO2. The van der Waals surface area contributed by atoms with Crippen molar-refractivity contribution < 1.29 is 9.59 Å². The van der Waals surface area contributed by atoms with E-state index in [2.05, 4.69) is 21.2 Å². The third-order valence-electron chi connectivity index (χ3n) is 1.96. The van der Waals surface area contributed by atoms with Gasteiger partial charge in [-0.05, 0) is 39.7 Å². The lowest BCUT2D eigenvalue weighted by molar-refractivity contribution is -0.115. The molecule has 0 spiro atoms. The summed E-state index contributed by atoms with van der Waals surface area (Å²) in [6.07, 6.45) is 0.365. The summed E-state index contributed by atoms with van der Waals surface area (Å²) in [5, 5.41) is 2.70. The minimum absolute atomic E-state index is 0.0193. The Morgan fingerprint density at radius 3 is 2.92 bits per heavy atom. The highest BCUT2D eigenvalue weighted by molar-refractivity contribution is 9.18. The topological polar surface area (TPSA) is 46.2 Å². The van der Waals surface area contributed by atoms with Gasteiger partial charge < -0.3 is 5.32 Å². The fourth-order valence-electron chi connectivity index (χ4n) is 1.35. The molecule has 0 saturated carbocycles. The first-order valence-electron chi connectivity index (χ1n) is 3.79. The Bertz CT molecular complexity index is 401. The smallest absolute Gasteiger partial charge is 0.228 e. The van der Waals surface area contributed by atoms with E-state index < -0.39 is 0 Å². The van der Waals surface area contributed by atoms with E-state index >= 15 is 0 Å². The van der Waals surface area contributed by atoms with Crippen LogP contribution in [0.5, 0.6) is 0 Å². The van der Waals surface area contributed by atoms with Crippen LogP contribution in [0, 0.1) is 0 Å². The Morgan fingerprint density at radius 2 is 2.23 bits per heavy atom. The molecule has 1 aromatic carbocycles. The molecule has 0 saturated heterocycles. The molecule has 1 heterocycles. The van der Waals surface area contributed by atoms with Crippen molar-refractivity contribution in [2.75, 3.05) is 5.32 Å². The zero-order valence-electron chi connectivity index (χ0n) is 6.63. The van der Waals surface area contributed by atoms with Gasteiger partial charge in [0.25, 0.3) is 0 Å². The first-order valence-corrected chi connectivity index (χ1v) is 4.59. The molecule has 1 amide bonds. The van der Waals surface area contributed by atoms with Gasteiger partial charge in [-0.25, -0.2) is 0 Å². The lowest BCUT2D eigenvalue weighted by Crippen LogP contribution is -2.03. The molecule has 0 radical (unpaired) electrons. The average Bonchev–Trinajstić information content (AvgIpc) is 2.42. The Labute approximate surface area is 83.3 Å². The standard InChI is InChI=1S/C9H6BrNO2/c10-9(13)5-1-2-7-6(3-5)4-8(12)11-7/h1-3H,4H2,(H,11,12). The number of amides is 1. The monoisotopic (exact) mass is 239 g/mol. The number of hydrogen-bond donors (Lipinski definition) is 1. The second-order valence-corrected chi connectivity index (χ2v) is 3.59. The Hall–Kier alpha value is -1.16. The highest BCUT2D eigenvalue weighted by atomic mass is 79.9. The second kappa shape index (κ2) is 2.96. The molecule has 1 aliphatic heterocycles. The summed E-state index contributed by atoms with van der Waals surface area (Å²) in [6.45, 7) is 0. The average molecular weight is 240 g/mol. The quantitative estimate of drug-likeness (QED) is 0.759. The molecule has 0 aromatic heterocycles. The molecule has 3 nitrogen and oxygen atoms in total. The van der Waals surface area contributed by atoms with E-state index in [1.807, 2.05) is 0 Å². The van der Waals surface area contributed by atoms with Crippen molar-refractivity contribution in [2.24, 2.45) is 0 Å². The van der Waals surface area contributed by atoms with E-state index in [1.54, 1.807) is 18.2 Å². The Kier molecular flexibility index (Phi) is 1.92. The number of halogens is 1. The van der Waals surface area contributed by atoms with Crippen molar-refractivity contribution in [3.05, 3.63) is 29.3 Å². The van der Waals surface area contributed by atoms with Crippen molar-refractivity contribution in [3.63, 3.8) is 0 Å². The van der Waals surface area contributed by atoms with Crippen LogP contribution in [-0.2, 0) is 11.2 Å². The molecule has 0 atom stereocenters. The molecule has 1 N–H and O–H groups in total. The number of fused-ring (bicyclic) bond motifs is 1. The van der Waals surface area contributed by atoms with Crippen LogP contribution in [0.4, 0.5) is 5.69 Å². The van der Waals surface area contributed by atoms with E-state index in [0.717, 1.165) is 11.3 Å².